The molecule has 29 heavy (non-hydrogen) atoms. The van der Waals surface area contributed by atoms with Crippen LogP contribution in [-0.4, -0.2) is 30.1 Å². The first-order chi connectivity index (χ1) is 13.7. The second-order valence-corrected chi connectivity index (χ2v) is 6.98. The Labute approximate surface area is 193 Å². The molecule has 0 N–H and O–H groups in total. The van der Waals surface area contributed by atoms with Gasteiger partial charge < -0.3 is 4.74 Å². The number of hydrogen-bond acceptors (Lipinski definition) is 3. The van der Waals surface area contributed by atoms with Gasteiger partial charge in [0.25, 0.3) is 0 Å². The number of carbonyl (C=O) groups excluding carboxylic acids is 1. The fraction of sp³-hybridized carbons (Fsp3) is 0.400. The summed E-state index contributed by atoms with van der Waals surface area (Å²) in [5, 5.41) is 0. The Kier molecular flexibility index (Phi) is 11.9. The molecule has 3 unspecified atom stereocenters. The Balaban J connectivity index is 0.00000420. The minimum Gasteiger partial charge on any atom is -0.459 e. The number of halogens is 1. The summed E-state index contributed by atoms with van der Waals surface area (Å²) in [7, 11) is 0. The summed E-state index contributed by atoms with van der Waals surface area (Å²) < 4.78 is 5.91. The van der Waals surface area contributed by atoms with Crippen molar-refractivity contribution < 1.29 is 9.53 Å². The van der Waals surface area contributed by atoms with Crippen LogP contribution in [0.1, 0.15) is 56.7 Å². The van der Waals surface area contributed by atoms with E-state index in [1.165, 1.54) is 17.2 Å². The largest absolute Gasteiger partial charge is 0.459 e. The first-order valence-electron chi connectivity index (χ1n) is 10.3. The predicted octanol–water partition coefficient (Wildman–Crippen LogP) is 6.37. The van der Waals surface area contributed by atoms with E-state index in [9.17, 15) is 4.79 Å². The van der Waals surface area contributed by atoms with Crippen LogP contribution in [0.15, 0.2) is 73.3 Å². The molecule has 0 radical (unpaired) electrons. The van der Waals surface area contributed by atoms with E-state index >= 15 is 0 Å². The van der Waals surface area contributed by atoms with Crippen molar-refractivity contribution >= 4 is 29.9 Å². The average molecular weight is 507 g/mol. The summed E-state index contributed by atoms with van der Waals surface area (Å²) in [5.74, 6) is -0.321. The van der Waals surface area contributed by atoms with Crippen LogP contribution in [0.3, 0.4) is 0 Å². The van der Waals surface area contributed by atoms with Crippen molar-refractivity contribution in [1.82, 2.24) is 4.90 Å². The van der Waals surface area contributed by atoms with Gasteiger partial charge in [0.15, 0.2) is 0 Å². The number of esters is 1. The number of nitrogens with zero attached hydrogens (tertiary/aromatic N) is 1. The van der Waals surface area contributed by atoms with Crippen molar-refractivity contribution in [3.63, 3.8) is 0 Å². The molecular weight excluding hydrogens is 473 g/mol. The molecule has 0 heterocycles. The van der Waals surface area contributed by atoms with Crippen molar-refractivity contribution in [3.05, 3.63) is 84.4 Å². The van der Waals surface area contributed by atoms with Gasteiger partial charge in [-0.1, -0.05) is 94.4 Å². The minimum atomic E-state index is -0.356. The van der Waals surface area contributed by atoms with E-state index in [2.05, 4.69) is 80.8 Å². The van der Waals surface area contributed by atoms with Gasteiger partial charge in [0.1, 0.15) is 6.10 Å². The molecule has 0 aliphatic carbocycles. The molecule has 2 aromatic carbocycles. The second kappa shape index (κ2) is 13.5. The third-order valence-corrected chi connectivity index (χ3v) is 5.28. The van der Waals surface area contributed by atoms with Crippen LogP contribution in [-0.2, 0) is 9.53 Å². The van der Waals surface area contributed by atoms with Crippen LogP contribution in [0, 0.1) is 0 Å². The minimum absolute atomic E-state index is 0. The summed E-state index contributed by atoms with van der Waals surface area (Å²) in [5.41, 5.74) is 2.44. The Morgan fingerprint density at radius 1 is 0.966 bits per heavy atom. The molecule has 0 aliphatic heterocycles. The van der Waals surface area contributed by atoms with Gasteiger partial charge in [-0.05, 0) is 30.6 Å². The quantitative estimate of drug-likeness (QED) is 0.201. The first-order valence-corrected chi connectivity index (χ1v) is 10.3. The molecule has 0 saturated heterocycles. The monoisotopic (exact) mass is 507 g/mol. The molecule has 3 atom stereocenters. The number of rotatable bonds is 11. The van der Waals surface area contributed by atoms with Gasteiger partial charge in [-0.3, -0.25) is 4.90 Å². The Bertz CT molecular complexity index is 716. The van der Waals surface area contributed by atoms with Gasteiger partial charge in [-0.15, -0.1) is 24.0 Å². The molecule has 0 aliphatic rings. The molecule has 158 valence electrons. The molecule has 0 bridgehead atoms. The van der Waals surface area contributed by atoms with Crippen LogP contribution < -0.4 is 0 Å². The topological polar surface area (TPSA) is 29.5 Å². The first kappa shape index (κ1) is 25.4. The fourth-order valence-electron chi connectivity index (χ4n) is 3.98. The molecular formula is C25H34INO2. The van der Waals surface area contributed by atoms with Gasteiger partial charge >= 0.3 is 5.97 Å². The number of benzene rings is 2. The number of likely N-dealkylation sites (N-methyl/N-ethyl adjacent to an activating group) is 1. The molecule has 0 spiro atoms. The third-order valence-electron chi connectivity index (χ3n) is 5.28. The van der Waals surface area contributed by atoms with Crippen LogP contribution in [0.25, 0.3) is 0 Å². The summed E-state index contributed by atoms with van der Waals surface area (Å²) in [4.78, 5) is 14.6. The highest BCUT2D eigenvalue weighted by Gasteiger charge is 2.36. The SMILES string of the molecule is C=CC(=O)OC(CCC)C(c1ccccc1)C(c1ccccc1)N(CC)CC.I. The average Bonchev–Trinajstić information content (AvgIpc) is 2.75. The maximum atomic E-state index is 12.1. The number of ether oxygens (including phenoxy) is 1. The van der Waals surface area contributed by atoms with Gasteiger partial charge in [-0.25, -0.2) is 4.79 Å². The van der Waals surface area contributed by atoms with Gasteiger partial charge in [0, 0.05) is 18.0 Å². The van der Waals surface area contributed by atoms with Gasteiger partial charge in [0.05, 0.1) is 0 Å². The lowest BCUT2D eigenvalue weighted by Crippen LogP contribution is -2.39. The highest BCUT2D eigenvalue weighted by Crippen LogP contribution is 2.40. The normalized spacial score (nSPS) is 13.8. The van der Waals surface area contributed by atoms with Gasteiger partial charge in [-0.2, -0.15) is 0 Å². The highest BCUT2D eigenvalue weighted by atomic mass is 127. The maximum Gasteiger partial charge on any atom is 0.330 e. The summed E-state index contributed by atoms with van der Waals surface area (Å²) in [6.45, 7) is 11.9. The molecule has 3 nitrogen and oxygen atoms in total. The van der Waals surface area contributed by atoms with Gasteiger partial charge in [0.2, 0.25) is 0 Å². The predicted molar refractivity (Wildman–Crippen MR) is 132 cm³/mol. The molecule has 2 aromatic rings. The van der Waals surface area contributed by atoms with E-state index in [0.717, 1.165) is 25.9 Å². The van der Waals surface area contributed by atoms with Crippen LogP contribution in [0.2, 0.25) is 0 Å². The fourth-order valence-corrected chi connectivity index (χ4v) is 3.98. The summed E-state index contributed by atoms with van der Waals surface area (Å²) in [6.07, 6.45) is 2.80. The Hall–Kier alpha value is -1.66. The lowest BCUT2D eigenvalue weighted by molar-refractivity contribution is -0.145. The summed E-state index contributed by atoms with van der Waals surface area (Å²) in [6, 6.07) is 21.1. The van der Waals surface area contributed by atoms with E-state index in [4.69, 9.17) is 4.74 Å². The van der Waals surface area contributed by atoms with Crippen molar-refractivity contribution in [2.24, 2.45) is 0 Å². The Morgan fingerprint density at radius 2 is 1.48 bits per heavy atom. The molecule has 2 rings (SSSR count). The highest BCUT2D eigenvalue weighted by molar-refractivity contribution is 14.0. The van der Waals surface area contributed by atoms with Crippen molar-refractivity contribution in [2.75, 3.05) is 13.1 Å². The van der Waals surface area contributed by atoms with E-state index in [-0.39, 0.29) is 48.0 Å². The summed E-state index contributed by atoms with van der Waals surface area (Å²) >= 11 is 0. The second-order valence-electron chi connectivity index (χ2n) is 6.98. The van der Waals surface area contributed by atoms with E-state index < -0.39 is 0 Å². The molecule has 0 aromatic heterocycles. The smallest absolute Gasteiger partial charge is 0.330 e. The zero-order valence-electron chi connectivity index (χ0n) is 17.8. The van der Waals surface area contributed by atoms with E-state index in [1.54, 1.807) is 0 Å². The molecule has 0 fully saturated rings. The van der Waals surface area contributed by atoms with Crippen LogP contribution in [0.5, 0.6) is 0 Å². The number of hydrogen-bond donors (Lipinski definition) is 0. The van der Waals surface area contributed by atoms with Crippen molar-refractivity contribution in [2.45, 2.75) is 51.7 Å². The lowest BCUT2D eigenvalue weighted by atomic mass is 9.80. The standard InChI is InChI=1S/C25H33NO2.HI/c1-5-15-22(28-23(27)6-2)24(20-16-11-9-12-17-20)25(26(7-3)8-4)21-18-13-10-14-19-21;/h6,9-14,16-19,22,24-25H,2,5,7-8,15H2,1,3-4H3;1H. The zero-order chi connectivity index (χ0) is 20.4. The van der Waals surface area contributed by atoms with Crippen molar-refractivity contribution in [1.29, 1.82) is 0 Å². The van der Waals surface area contributed by atoms with Crippen molar-refractivity contribution in [3.8, 4) is 0 Å². The lowest BCUT2D eigenvalue weighted by Gasteiger charge is -2.40. The molecule has 4 heteroatoms. The molecule has 0 saturated carbocycles. The number of carbonyl (C=O) groups is 1. The zero-order valence-corrected chi connectivity index (χ0v) is 20.1. The van der Waals surface area contributed by atoms with Crippen LogP contribution in [0.4, 0.5) is 0 Å². The third kappa shape index (κ3) is 6.96. The molecule has 0 amide bonds. The maximum absolute atomic E-state index is 12.1. The van der Waals surface area contributed by atoms with E-state index in [1.807, 2.05) is 12.1 Å². The Morgan fingerprint density at radius 3 is 1.93 bits per heavy atom. The van der Waals surface area contributed by atoms with Crippen LogP contribution >= 0.6 is 24.0 Å². The van der Waals surface area contributed by atoms with E-state index in [0.29, 0.717) is 0 Å².